The van der Waals surface area contributed by atoms with Crippen molar-refractivity contribution in [1.82, 2.24) is 19.8 Å². The Labute approximate surface area is 70.7 Å². The molecule has 0 aliphatic carbocycles. The minimum Gasteiger partial charge on any atom is -0.244 e. The van der Waals surface area contributed by atoms with Gasteiger partial charge < -0.3 is 0 Å². The van der Waals surface area contributed by atoms with Gasteiger partial charge >= 0.3 is 11.9 Å². The highest BCUT2D eigenvalue weighted by Gasteiger charge is 2.30. The van der Waals surface area contributed by atoms with Crippen LogP contribution in [0, 0.1) is 0 Å². The third kappa shape index (κ3) is 2.30. The molecule has 1 aromatic heterocycles. The van der Waals surface area contributed by atoms with Gasteiger partial charge in [-0.3, -0.25) is 0 Å². The Morgan fingerprint density at radius 2 is 1.85 bits per heavy atom. The quantitative estimate of drug-likeness (QED) is 0.670. The normalized spacial score (nSPS) is 12.0. The van der Waals surface area contributed by atoms with Gasteiger partial charge in [-0.25, -0.2) is 4.79 Å². The predicted octanol–water partition coefficient (Wildman–Crippen LogP) is 0.0220. The zero-order chi connectivity index (χ0) is 10.1. The Bertz CT molecular complexity index is 338. The van der Waals surface area contributed by atoms with Crippen LogP contribution in [-0.4, -0.2) is 26.0 Å². The van der Waals surface area contributed by atoms with Gasteiger partial charge in [0.25, 0.3) is 0 Å². The molecule has 0 fully saturated rings. The zero-order valence-corrected chi connectivity index (χ0v) is 6.75. The molecule has 0 aliphatic heterocycles. The number of hydrogen-bond donors (Lipinski definition) is 0. The van der Waals surface area contributed by atoms with Crippen LogP contribution in [0.3, 0.4) is 0 Å². The van der Waals surface area contributed by atoms with Gasteiger partial charge in [-0.05, 0) is 17.4 Å². The summed E-state index contributed by atoms with van der Waals surface area (Å²) in [6.07, 6.45) is -4.45. The first kappa shape index (κ1) is 9.75. The van der Waals surface area contributed by atoms with Crippen molar-refractivity contribution in [1.29, 1.82) is 0 Å². The molecule has 1 aromatic rings. The maximum Gasteiger partial charge on any atom is 0.408 e. The Morgan fingerprint density at radius 3 is 2.23 bits per heavy atom. The molecule has 0 saturated heterocycles. The highest BCUT2D eigenvalue weighted by molar-refractivity contribution is 4.60. The van der Waals surface area contributed by atoms with Crippen LogP contribution in [0.1, 0.15) is 6.92 Å². The smallest absolute Gasteiger partial charge is 0.244 e. The lowest BCUT2D eigenvalue weighted by atomic mass is 10.6. The van der Waals surface area contributed by atoms with Gasteiger partial charge in [-0.2, -0.15) is 22.5 Å². The fourth-order valence-corrected chi connectivity index (χ4v) is 0.774. The van der Waals surface area contributed by atoms with E-state index in [0.717, 1.165) is 4.68 Å². The highest BCUT2D eigenvalue weighted by Crippen LogP contribution is 2.15. The molecule has 0 amide bonds. The van der Waals surface area contributed by atoms with Crippen molar-refractivity contribution in [2.75, 3.05) is 0 Å². The zero-order valence-electron chi connectivity index (χ0n) is 6.75. The van der Waals surface area contributed by atoms with Crippen LogP contribution in [0.25, 0.3) is 0 Å². The first-order valence-electron chi connectivity index (χ1n) is 3.51. The number of tetrazole rings is 1. The van der Waals surface area contributed by atoms with E-state index in [4.69, 9.17) is 0 Å². The second-order valence-electron chi connectivity index (χ2n) is 2.35. The van der Waals surface area contributed by atoms with E-state index in [9.17, 15) is 18.0 Å². The molecule has 1 heterocycles. The van der Waals surface area contributed by atoms with E-state index in [1.54, 1.807) is 6.92 Å². The van der Waals surface area contributed by atoms with Gasteiger partial charge in [-0.1, -0.05) is 0 Å². The molecular weight excluding hydrogens is 189 g/mol. The van der Waals surface area contributed by atoms with Gasteiger partial charge in [-0.15, -0.1) is 0 Å². The topological polar surface area (TPSA) is 52.7 Å². The average molecular weight is 196 g/mol. The minimum atomic E-state index is -4.45. The molecule has 0 aromatic carbocycles. The van der Waals surface area contributed by atoms with Crippen molar-refractivity contribution in [2.24, 2.45) is 0 Å². The second-order valence-corrected chi connectivity index (χ2v) is 2.35. The molecular formula is C5H7F3N4O. The van der Waals surface area contributed by atoms with E-state index >= 15 is 0 Å². The Kier molecular flexibility index (Phi) is 2.39. The largest absolute Gasteiger partial charge is 0.408 e. The number of hydrogen-bond acceptors (Lipinski definition) is 3. The van der Waals surface area contributed by atoms with Crippen LogP contribution in [-0.2, 0) is 13.1 Å². The molecule has 1 rings (SSSR count). The lowest BCUT2D eigenvalue weighted by molar-refractivity contribution is -0.143. The lowest BCUT2D eigenvalue weighted by Crippen LogP contribution is -2.30. The number of halogens is 3. The maximum atomic E-state index is 11.8. The summed E-state index contributed by atoms with van der Waals surface area (Å²) in [7, 11) is 0. The van der Waals surface area contributed by atoms with E-state index in [0.29, 0.717) is 0 Å². The van der Waals surface area contributed by atoms with Crippen LogP contribution < -0.4 is 5.69 Å². The predicted molar refractivity (Wildman–Crippen MR) is 36.0 cm³/mol. The van der Waals surface area contributed by atoms with Gasteiger partial charge in [0.05, 0.1) is 0 Å². The fraction of sp³-hybridized carbons (Fsp3) is 0.800. The van der Waals surface area contributed by atoms with Crippen LogP contribution in [0.15, 0.2) is 4.79 Å². The van der Waals surface area contributed by atoms with E-state index in [1.807, 2.05) is 0 Å². The fourth-order valence-electron chi connectivity index (χ4n) is 0.774. The number of rotatable bonds is 2. The van der Waals surface area contributed by atoms with Gasteiger partial charge in [0, 0.05) is 6.54 Å². The van der Waals surface area contributed by atoms with Crippen molar-refractivity contribution >= 4 is 0 Å². The third-order valence-electron chi connectivity index (χ3n) is 1.33. The standard InChI is InChI=1S/C5H7F3N4O/c1-2-11-4(13)12(10-9-11)3-5(6,7)8/h2-3H2,1H3. The third-order valence-corrected chi connectivity index (χ3v) is 1.33. The molecule has 0 spiro atoms. The van der Waals surface area contributed by atoms with E-state index in [-0.39, 0.29) is 11.2 Å². The van der Waals surface area contributed by atoms with Crippen LogP contribution >= 0.6 is 0 Å². The van der Waals surface area contributed by atoms with Crippen LogP contribution in [0.5, 0.6) is 0 Å². The van der Waals surface area contributed by atoms with E-state index in [1.165, 1.54) is 0 Å². The molecule has 0 atom stereocenters. The SMILES string of the molecule is CCn1nnn(CC(F)(F)F)c1=O. The molecule has 13 heavy (non-hydrogen) atoms. The highest BCUT2D eigenvalue weighted by atomic mass is 19.4. The molecule has 0 bridgehead atoms. The van der Waals surface area contributed by atoms with Crippen molar-refractivity contribution < 1.29 is 13.2 Å². The summed E-state index contributed by atoms with van der Waals surface area (Å²) in [6.45, 7) is 0.399. The van der Waals surface area contributed by atoms with E-state index < -0.39 is 18.4 Å². The molecule has 0 unspecified atom stereocenters. The van der Waals surface area contributed by atoms with Crippen molar-refractivity contribution in [3.05, 3.63) is 10.5 Å². The Morgan fingerprint density at radius 1 is 1.31 bits per heavy atom. The Hall–Kier alpha value is -1.34. The first-order valence-corrected chi connectivity index (χ1v) is 3.51. The number of aryl methyl sites for hydroxylation is 1. The first-order chi connectivity index (χ1) is 5.94. The monoisotopic (exact) mass is 196 g/mol. The molecule has 5 nitrogen and oxygen atoms in total. The summed E-state index contributed by atoms with van der Waals surface area (Å²) >= 11 is 0. The van der Waals surface area contributed by atoms with Crippen molar-refractivity contribution in [3.8, 4) is 0 Å². The van der Waals surface area contributed by atoms with Gasteiger partial charge in [0.2, 0.25) is 0 Å². The van der Waals surface area contributed by atoms with Crippen LogP contribution in [0.2, 0.25) is 0 Å². The lowest BCUT2D eigenvalue weighted by Gasteiger charge is -2.02. The van der Waals surface area contributed by atoms with Crippen molar-refractivity contribution in [2.45, 2.75) is 26.2 Å². The Balaban J connectivity index is 2.91. The minimum absolute atomic E-state index is 0.205. The summed E-state index contributed by atoms with van der Waals surface area (Å²) in [5.74, 6) is 0. The van der Waals surface area contributed by atoms with Crippen LogP contribution in [0.4, 0.5) is 13.2 Å². The average Bonchev–Trinajstić information content (AvgIpc) is 2.30. The van der Waals surface area contributed by atoms with Gasteiger partial charge in [0.1, 0.15) is 6.54 Å². The summed E-state index contributed by atoms with van der Waals surface area (Å²) in [6, 6.07) is 0. The summed E-state index contributed by atoms with van der Waals surface area (Å²) < 4.78 is 36.5. The molecule has 74 valence electrons. The molecule has 0 saturated carbocycles. The molecule has 0 aliphatic rings. The number of aromatic nitrogens is 4. The molecule has 8 heteroatoms. The summed E-state index contributed by atoms with van der Waals surface area (Å²) in [4.78, 5) is 11.0. The molecule has 0 radical (unpaired) electrons. The van der Waals surface area contributed by atoms with Gasteiger partial charge in [0.15, 0.2) is 0 Å². The summed E-state index contributed by atoms with van der Waals surface area (Å²) in [5, 5.41) is 6.30. The van der Waals surface area contributed by atoms with E-state index in [2.05, 4.69) is 10.4 Å². The number of nitrogens with zero attached hydrogens (tertiary/aromatic N) is 4. The van der Waals surface area contributed by atoms with Crippen molar-refractivity contribution in [3.63, 3.8) is 0 Å². The second kappa shape index (κ2) is 3.19. The molecule has 0 N–H and O–H groups in total. The summed E-state index contributed by atoms with van der Waals surface area (Å²) in [5.41, 5.74) is -0.847. The number of alkyl halides is 3. The maximum absolute atomic E-state index is 11.8.